The normalized spacial score (nSPS) is 25.7. The van der Waals surface area contributed by atoms with Crippen LogP contribution in [-0.4, -0.2) is 85.2 Å². The van der Waals surface area contributed by atoms with Crippen LogP contribution < -0.4 is 0 Å². The van der Waals surface area contributed by atoms with Crippen LogP contribution >= 0.6 is 0 Å². The van der Waals surface area contributed by atoms with Crippen LogP contribution in [0.5, 0.6) is 0 Å². The van der Waals surface area contributed by atoms with Crippen molar-refractivity contribution in [1.29, 1.82) is 0 Å². The molecule has 1 aliphatic heterocycles. The molecule has 1 saturated heterocycles. The molecule has 4 unspecified atom stereocenters. The van der Waals surface area contributed by atoms with Crippen molar-refractivity contribution in [2.75, 3.05) is 32.5 Å². The fraction of sp³-hybridized carbons (Fsp3) is 1.00. The number of aliphatic hydroxyl groups is 1. The van der Waals surface area contributed by atoms with E-state index >= 15 is 0 Å². The Morgan fingerprint density at radius 3 is 2.12 bits per heavy atom. The predicted octanol–water partition coefficient (Wildman–Crippen LogP) is 1.88. The number of aliphatic hydroxyl groups excluding tert-OH is 1. The highest BCUT2D eigenvalue weighted by molar-refractivity contribution is 7.88. The molecule has 1 aliphatic rings. The average molecular weight is 397 g/mol. The standard InChI is InChI=1S/C18H37FN2O4S/c1-13(17(2,3)4)25-12-14(9-20-10-15(19)16(22)11-20)21(18(5,6)7)26(8,23)24/h13-16,22H,9-12H2,1-8H3. The van der Waals surface area contributed by atoms with E-state index in [1.165, 1.54) is 10.6 Å². The first kappa shape index (κ1) is 23.8. The van der Waals surface area contributed by atoms with Crippen LogP contribution in [0.1, 0.15) is 48.5 Å². The van der Waals surface area contributed by atoms with Crippen LogP contribution in [0.3, 0.4) is 0 Å². The van der Waals surface area contributed by atoms with Crippen LogP contribution in [0.15, 0.2) is 0 Å². The summed E-state index contributed by atoms with van der Waals surface area (Å²) >= 11 is 0. The second kappa shape index (κ2) is 8.39. The molecule has 156 valence electrons. The van der Waals surface area contributed by atoms with E-state index in [4.69, 9.17) is 4.74 Å². The maximum atomic E-state index is 13.7. The summed E-state index contributed by atoms with van der Waals surface area (Å²) in [6.45, 7) is 14.5. The molecule has 8 heteroatoms. The molecular weight excluding hydrogens is 359 g/mol. The molecule has 26 heavy (non-hydrogen) atoms. The molecule has 1 heterocycles. The van der Waals surface area contributed by atoms with Gasteiger partial charge in [0, 0.05) is 25.2 Å². The Morgan fingerprint density at radius 2 is 1.77 bits per heavy atom. The van der Waals surface area contributed by atoms with E-state index in [2.05, 4.69) is 20.8 Å². The number of rotatable bonds is 7. The van der Waals surface area contributed by atoms with Gasteiger partial charge in [-0.25, -0.2) is 12.8 Å². The van der Waals surface area contributed by atoms with E-state index in [9.17, 15) is 17.9 Å². The van der Waals surface area contributed by atoms with Crippen molar-refractivity contribution in [3.63, 3.8) is 0 Å². The molecule has 0 saturated carbocycles. The maximum absolute atomic E-state index is 13.7. The molecule has 0 radical (unpaired) electrons. The zero-order chi connectivity index (χ0) is 20.5. The average Bonchev–Trinajstić information content (AvgIpc) is 2.69. The van der Waals surface area contributed by atoms with Gasteiger partial charge in [0.15, 0.2) is 0 Å². The Hall–Kier alpha value is -0.280. The molecule has 0 aromatic rings. The number of ether oxygens (including phenoxy) is 1. The highest BCUT2D eigenvalue weighted by Crippen LogP contribution is 2.26. The van der Waals surface area contributed by atoms with Crippen LogP contribution in [0.2, 0.25) is 0 Å². The third kappa shape index (κ3) is 6.71. The van der Waals surface area contributed by atoms with Crippen molar-refractivity contribution in [3.05, 3.63) is 0 Å². The highest BCUT2D eigenvalue weighted by atomic mass is 32.2. The lowest BCUT2D eigenvalue weighted by Crippen LogP contribution is -2.56. The number of nitrogens with zero attached hydrogens (tertiary/aromatic N) is 2. The van der Waals surface area contributed by atoms with Crippen molar-refractivity contribution in [1.82, 2.24) is 9.21 Å². The lowest BCUT2D eigenvalue weighted by molar-refractivity contribution is -0.0358. The molecule has 0 amide bonds. The van der Waals surface area contributed by atoms with E-state index in [1.54, 1.807) is 4.90 Å². The fourth-order valence-electron chi connectivity index (χ4n) is 3.28. The van der Waals surface area contributed by atoms with Crippen molar-refractivity contribution in [3.8, 4) is 0 Å². The van der Waals surface area contributed by atoms with Gasteiger partial charge in [-0.15, -0.1) is 0 Å². The number of hydrogen-bond acceptors (Lipinski definition) is 5. The molecule has 0 bridgehead atoms. The first-order chi connectivity index (χ1) is 11.5. The molecule has 0 aromatic carbocycles. The van der Waals surface area contributed by atoms with Crippen LogP contribution in [0.4, 0.5) is 4.39 Å². The maximum Gasteiger partial charge on any atom is 0.212 e. The minimum absolute atomic E-state index is 0.0653. The summed E-state index contributed by atoms with van der Waals surface area (Å²) < 4.78 is 46.2. The van der Waals surface area contributed by atoms with Gasteiger partial charge < -0.3 is 9.84 Å². The topological polar surface area (TPSA) is 70.1 Å². The number of β-amino-alcohol motifs (C(OH)–C–C–N with tert-alkyl or cyclic N) is 1. The van der Waals surface area contributed by atoms with Crippen molar-refractivity contribution in [2.24, 2.45) is 5.41 Å². The van der Waals surface area contributed by atoms with E-state index < -0.39 is 33.9 Å². The summed E-state index contributed by atoms with van der Waals surface area (Å²) in [6.07, 6.45) is -1.20. The van der Waals surface area contributed by atoms with Gasteiger partial charge in [0.1, 0.15) is 6.17 Å². The first-order valence-electron chi connectivity index (χ1n) is 9.19. The third-order valence-electron chi connectivity index (χ3n) is 4.87. The molecule has 0 spiro atoms. The Kier molecular flexibility index (Phi) is 7.67. The second-order valence-electron chi connectivity index (χ2n) is 9.53. The largest absolute Gasteiger partial charge is 0.389 e. The quantitative estimate of drug-likeness (QED) is 0.712. The molecule has 1 N–H and O–H groups in total. The number of likely N-dealkylation sites (tertiary alicyclic amines) is 1. The van der Waals surface area contributed by atoms with E-state index in [1.807, 2.05) is 27.7 Å². The molecular formula is C18H37FN2O4S. The van der Waals surface area contributed by atoms with Crippen LogP contribution in [0.25, 0.3) is 0 Å². The Balaban J connectivity index is 3.03. The van der Waals surface area contributed by atoms with Gasteiger partial charge in [-0.2, -0.15) is 4.31 Å². The van der Waals surface area contributed by atoms with Crippen molar-refractivity contribution in [2.45, 2.75) is 78.4 Å². The predicted molar refractivity (Wildman–Crippen MR) is 102 cm³/mol. The lowest BCUT2D eigenvalue weighted by Gasteiger charge is -2.41. The van der Waals surface area contributed by atoms with Gasteiger partial charge >= 0.3 is 0 Å². The smallest absolute Gasteiger partial charge is 0.212 e. The molecule has 1 rings (SSSR count). The van der Waals surface area contributed by atoms with Gasteiger partial charge in [-0.3, -0.25) is 4.90 Å². The van der Waals surface area contributed by atoms with Gasteiger partial charge in [-0.1, -0.05) is 20.8 Å². The molecule has 6 nitrogen and oxygen atoms in total. The number of hydrogen-bond donors (Lipinski definition) is 1. The Morgan fingerprint density at radius 1 is 1.23 bits per heavy atom. The highest BCUT2D eigenvalue weighted by Gasteiger charge is 2.40. The number of halogens is 1. The third-order valence-corrected chi connectivity index (χ3v) is 6.43. The molecule has 0 aliphatic carbocycles. The summed E-state index contributed by atoms with van der Waals surface area (Å²) in [5, 5.41) is 9.68. The lowest BCUT2D eigenvalue weighted by atomic mass is 9.90. The fourth-order valence-corrected chi connectivity index (χ4v) is 4.95. The second-order valence-corrected chi connectivity index (χ2v) is 11.4. The van der Waals surface area contributed by atoms with E-state index in [-0.39, 0.29) is 31.2 Å². The summed E-state index contributed by atoms with van der Waals surface area (Å²) in [5.74, 6) is 0. The molecule has 1 fully saturated rings. The zero-order valence-electron chi connectivity index (χ0n) is 17.5. The minimum atomic E-state index is -3.50. The van der Waals surface area contributed by atoms with Gasteiger partial charge in [0.25, 0.3) is 0 Å². The van der Waals surface area contributed by atoms with Gasteiger partial charge in [0.05, 0.1) is 31.1 Å². The summed E-state index contributed by atoms with van der Waals surface area (Å²) in [4.78, 5) is 1.77. The summed E-state index contributed by atoms with van der Waals surface area (Å²) in [7, 11) is -3.50. The van der Waals surface area contributed by atoms with Crippen LogP contribution in [0, 0.1) is 5.41 Å². The first-order valence-corrected chi connectivity index (χ1v) is 11.0. The summed E-state index contributed by atoms with van der Waals surface area (Å²) in [5.41, 5.74) is -0.712. The van der Waals surface area contributed by atoms with Crippen molar-refractivity contribution < 1.29 is 22.7 Å². The van der Waals surface area contributed by atoms with Gasteiger partial charge in [0.2, 0.25) is 10.0 Å². The minimum Gasteiger partial charge on any atom is -0.389 e. The molecule has 4 atom stereocenters. The zero-order valence-corrected chi connectivity index (χ0v) is 18.3. The summed E-state index contributed by atoms with van der Waals surface area (Å²) in [6, 6.07) is -0.465. The Labute approximate surface area is 158 Å². The van der Waals surface area contributed by atoms with Crippen LogP contribution in [-0.2, 0) is 14.8 Å². The SMILES string of the molecule is CC(OCC(CN1CC(O)C(F)C1)N(C(C)(C)C)S(C)(=O)=O)C(C)(C)C. The monoisotopic (exact) mass is 396 g/mol. The van der Waals surface area contributed by atoms with Gasteiger partial charge in [-0.05, 0) is 33.1 Å². The Bertz CT molecular complexity index is 547. The van der Waals surface area contributed by atoms with E-state index in [0.717, 1.165) is 0 Å². The number of alkyl halides is 1. The van der Waals surface area contributed by atoms with Crippen molar-refractivity contribution >= 4 is 10.0 Å². The number of sulfonamides is 1. The van der Waals surface area contributed by atoms with E-state index in [0.29, 0.717) is 6.54 Å². The molecule has 0 aromatic heterocycles.